The zero-order valence-corrected chi connectivity index (χ0v) is 16.3. The number of pyridine rings is 1. The minimum Gasteiger partial charge on any atom is -0.491 e. The number of halogens is 1. The molecule has 0 saturated heterocycles. The molecule has 1 amide bonds. The van der Waals surface area contributed by atoms with Gasteiger partial charge < -0.3 is 14.8 Å². The van der Waals surface area contributed by atoms with E-state index in [1.165, 1.54) is 0 Å². The second-order valence-electron chi connectivity index (χ2n) is 7.21. The second kappa shape index (κ2) is 7.40. The molecule has 0 bridgehead atoms. The van der Waals surface area contributed by atoms with Crippen LogP contribution in [0.2, 0.25) is 5.02 Å². The van der Waals surface area contributed by atoms with Gasteiger partial charge in [0.2, 0.25) is 5.88 Å². The Bertz CT molecular complexity index is 1050. The van der Waals surface area contributed by atoms with E-state index in [4.69, 9.17) is 21.1 Å². The fraction of sp³-hybridized carbons (Fsp3) is 0.286. The second-order valence-corrected chi connectivity index (χ2v) is 7.65. The fourth-order valence-electron chi connectivity index (χ4n) is 3.73. The Labute approximate surface area is 172 Å². The Kier molecular flexibility index (Phi) is 4.60. The molecule has 0 spiro atoms. The number of rotatable bonds is 3. The van der Waals surface area contributed by atoms with Gasteiger partial charge in [-0.25, -0.2) is 4.68 Å². The van der Waals surface area contributed by atoms with Gasteiger partial charge in [0.25, 0.3) is 5.91 Å². The standard InChI is InChI=1S/C21H19ClN4O3/c22-15-3-4-18-14(8-15)9-16(12-28-18)24-21(27)17-10-20-26(25-17)7-5-19(29-20)13-2-1-6-23-11-13/h1-4,6,8,10-11,16,19H,5,7,9,12H2,(H,24,27)/t16-,19?/m1/s1. The van der Waals surface area contributed by atoms with Crippen molar-refractivity contribution < 1.29 is 14.3 Å². The van der Waals surface area contributed by atoms with Crippen LogP contribution in [-0.4, -0.2) is 33.3 Å². The lowest BCUT2D eigenvalue weighted by atomic mass is 10.0. The Balaban J connectivity index is 1.27. The van der Waals surface area contributed by atoms with E-state index in [1.807, 2.05) is 24.3 Å². The minimum absolute atomic E-state index is 0.0863. The molecule has 2 aromatic heterocycles. The highest BCUT2D eigenvalue weighted by Crippen LogP contribution is 2.31. The van der Waals surface area contributed by atoms with Gasteiger partial charge in [-0.05, 0) is 36.2 Å². The summed E-state index contributed by atoms with van der Waals surface area (Å²) >= 11 is 6.07. The summed E-state index contributed by atoms with van der Waals surface area (Å²) in [7, 11) is 0. The molecule has 0 saturated carbocycles. The van der Waals surface area contributed by atoms with Crippen molar-refractivity contribution in [3.8, 4) is 11.6 Å². The molecule has 148 valence electrons. The summed E-state index contributed by atoms with van der Waals surface area (Å²) in [6.45, 7) is 1.09. The smallest absolute Gasteiger partial charge is 0.272 e. The molecule has 0 fully saturated rings. The van der Waals surface area contributed by atoms with Crippen LogP contribution in [0.3, 0.4) is 0 Å². The van der Waals surface area contributed by atoms with Crippen LogP contribution in [0.4, 0.5) is 0 Å². The molecule has 5 rings (SSSR count). The maximum Gasteiger partial charge on any atom is 0.272 e. The average Bonchev–Trinajstić information content (AvgIpc) is 3.18. The number of carbonyl (C=O) groups is 1. The van der Waals surface area contributed by atoms with Gasteiger partial charge in [-0.3, -0.25) is 9.78 Å². The predicted octanol–water partition coefficient (Wildman–Crippen LogP) is 3.19. The molecular formula is C21H19ClN4O3. The Morgan fingerprint density at radius 3 is 3.07 bits per heavy atom. The van der Waals surface area contributed by atoms with Crippen LogP contribution < -0.4 is 14.8 Å². The van der Waals surface area contributed by atoms with Crippen LogP contribution >= 0.6 is 11.6 Å². The summed E-state index contributed by atoms with van der Waals surface area (Å²) < 4.78 is 13.5. The summed E-state index contributed by atoms with van der Waals surface area (Å²) in [4.78, 5) is 16.9. The number of nitrogens with one attached hydrogen (secondary N) is 1. The monoisotopic (exact) mass is 410 g/mol. The Morgan fingerprint density at radius 1 is 1.28 bits per heavy atom. The van der Waals surface area contributed by atoms with Crippen LogP contribution in [0.1, 0.15) is 34.1 Å². The number of amides is 1. The number of carbonyl (C=O) groups excluding carboxylic acids is 1. The lowest BCUT2D eigenvalue weighted by Crippen LogP contribution is -2.42. The van der Waals surface area contributed by atoms with Crippen molar-refractivity contribution in [1.82, 2.24) is 20.1 Å². The minimum atomic E-state index is -0.243. The van der Waals surface area contributed by atoms with Crippen molar-refractivity contribution in [3.05, 3.63) is 70.6 Å². The summed E-state index contributed by atoms with van der Waals surface area (Å²) in [6.07, 6.45) is 4.89. The largest absolute Gasteiger partial charge is 0.491 e. The van der Waals surface area contributed by atoms with E-state index in [2.05, 4.69) is 15.4 Å². The van der Waals surface area contributed by atoms with Gasteiger partial charge in [0.1, 0.15) is 18.5 Å². The van der Waals surface area contributed by atoms with Gasteiger partial charge in [-0.2, -0.15) is 5.10 Å². The number of hydrogen-bond acceptors (Lipinski definition) is 5. The molecule has 1 unspecified atom stereocenters. The van der Waals surface area contributed by atoms with Crippen LogP contribution in [-0.2, 0) is 13.0 Å². The average molecular weight is 411 g/mol. The Morgan fingerprint density at radius 2 is 2.21 bits per heavy atom. The molecule has 1 aromatic carbocycles. The number of benzene rings is 1. The van der Waals surface area contributed by atoms with Crippen molar-refractivity contribution in [1.29, 1.82) is 0 Å². The molecule has 0 aliphatic carbocycles. The third-order valence-electron chi connectivity index (χ3n) is 5.16. The zero-order valence-electron chi connectivity index (χ0n) is 15.5. The van der Waals surface area contributed by atoms with Crippen molar-refractivity contribution in [3.63, 3.8) is 0 Å². The SMILES string of the molecule is O=C(N[C@H]1COc2ccc(Cl)cc2C1)c1cc2n(n1)CCC(c1cccnc1)O2. The highest BCUT2D eigenvalue weighted by Gasteiger charge is 2.27. The summed E-state index contributed by atoms with van der Waals surface area (Å²) in [5.74, 6) is 1.16. The third-order valence-corrected chi connectivity index (χ3v) is 5.40. The van der Waals surface area contributed by atoms with E-state index in [9.17, 15) is 4.79 Å². The molecule has 7 nitrogen and oxygen atoms in total. The quantitative estimate of drug-likeness (QED) is 0.717. The first-order chi connectivity index (χ1) is 14.2. The van der Waals surface area contributed by atoms with E-state index in [1.54, 1.807) is 29.2 Å². The first kappa shape index (κ1) is 18.0. The van der Waals surface area contributed by atoms with Gasteiger partial charge in [0.15, 0.2) is 5.69 Å². The molecule has 8 heteroatoms. The summed E-state index contributed by atoms with van der Waals surface area (Å²) in [5.41, 5.74) is 2.34. The number of ether oxygens (including phenoxy) is 2. The van der Waals surface area contributed by atoms with E-state index >= 15 is 0 Å². The van der Waals surface area contributed by atoms with Crippen LogP contribution in [0.5, 0.6) is 11.6 Å². The summed E-state index contributed by atoms with van der Waals surface area (Å²) in [6, 6.07) is 11.0. The van der Waals surface area contributed by atoms with E-state index in [0.717, 1.165) is 23.3 Å². The highest BCUT2D eigenvalue weighted by molar-refractivity contribution is 6.30. The maximum absolute atomic E-state index is 12.7. The molecule has 1 N–H and O–H groups in total. The molecule has 2 atom stereocenters. The Hall–Kier alpha value is -3.06. The number of fused-ring (bicyclic) bond motifs is 2. The molecule has 2 aliphatic heterocycles. The van der Waals surface area contributed by atoms with Gasteiger partial charge in [-0.15, -0.1) is 0 Å². The van der Waals surface area contributed by atoms with Gasteiger partial charge in [0, 0.05) is 42.0 Å². The van der Waals surface area contributed by atoms with E-state index in [0.29, 0.717) is 36.2 Å². The topological polar surface area (TPSA) is 78.3 Å². The number of aryl methyl sites for hydroxylation is 1. The molecule has 4 heterocycles. The normalized spacial score (nSPS) is 20.0. The van der Waals surface area contributed by atoms with Gasteiger partial charge >= 0.3 is 0 Å². The predicted molar refractivity (Wildman–Crippen MR) is 106 cm³/mol. The highest BCUT2D eigenvalue weighted by atomic mass is 35.5. The molecule has 2 aliphatic rings. The van der Waals surface area contributed by atoms with Crippen molar-refractivity contribution in [2.75, 3.05) is 6.61 Å². The van der Waals surface area contributed by atoms with Crippen molar-refractivity contribution in [2.45, 2.75) is 31.5 Å². The fourth-order valence-corrected chi connectivity index (χ4v) is 3.92. The lowest BCUT2D eigenvalue weighted by Gasteiger charge is -2.26. The van der Waals surface area contributed by atoms with Crippen molar-refractivity contribution >= 4 is 17.5 Å². The van der Waals surface area contributed by atoms with Gasteiger partial charge in [0.05, 0.1) is 6.04 Å². The number of nitrogens with zero attached hydrogens (tertiary/aromatic N) is 3. The molecular weight excluding hydrogens is 392 g/mol. The van der Waals surface area contributed by atoms with Gasteiger partial charge in [-0.1, -0.05) is 17.7 Å². The summed E-state index contributed by atoms with van der Waals surface area (Å²) in [5, 5.41) is 8.06. The van der Waals surface area contributed by atoms with E-state index in [-0.39, 0.29) is 18.1 Å². The van der Waals surface area contributed by atoms with Crippen molar-refractivity contribution in [2.24, 2.45) is 0 Å². The zero-order chi connectivity index (χ0) is 19.8. The lowest BCUT2D eigenvalue weighted by molar-refractivity contribution is 0.0909. The number of hydrogen-bond donors (Lipinski definition) is 1. The third kappa shape index (κ3) is 3.65. The van der Waals surface area contributed by atoms with E-state index < -0.39 is 0 Å². The first-order valence-electron chi connectivity index (χ1n) is 9.52. The van der Waals surface area contributed by atoms with Crippen LogP contribution in [0.15, 0.2) is 48.8 Å². The number of aromatic nitrogens is 3. The molecule has 29 heavy (non-hydrogen) atoms. The first-order valence-corrected chi connectivity index (χ1v) is 9.90. The molecule has 3 aromatic rings. The maximum atomic E-state index is 12.7. The van der Waals surface area contributed by atoms with Crippen LogP contribution in [0.25, 0.3) is 0 Å². The van der Waals surface area contributed by atoms with Crippen LogP contribution in [0, 0.1) is 0 Å². The molecule has 0 radical (unpaired) electrons.